The quantitative estimate of drug-likeness (QED) is 0.880. The second-order valence-corrected chi connectivity index (χ2v) is 5.38. The first-order valence-electron chi connectivity index (χ1n) is 7.03. The Kier molecular flexibility index (Phi) is 3.60. The number of benzene rings is 1. The number of pyridine rings is 1. The van der Waals surface area contributed by atoms with E-state index in [4.69, 9.17) is 0 Å². The van der Waals surface area contributed by atoms with E-state index in [2.05, 4.69) is 46.7 Å². The summed E-state index contributed by atoms with van der Waals surface area (Å²) in [5.74, 6) is 0.819. The van der Waals surface area contributed by atoms with Crippen molar-refractivity contribution in [2.45, 2.75) is 38.8 Å². The second-order valence-electron chi connectivity index (χ2n) is 5.38. The third-order valence-corrected chi connectivity index (χ3v) is 3.69. The fraction of sp³-hybridized carbons (Fsp3) is 0.353. The van der Waals surface area contributed by atoms with Crippen molar-refractivity contribution < 1.29 is 0 Å². The smallest absolute Gasteiger partial charge is 0.0372 e. The lowest BCUT2D eigenvalue weighted by Gasteiger charge is -2.10. The minimum atomic E-state index is 0.819. The number of aryl methyl sites for hydroxylation is 1. The molecule has 1 aliphatic carbocycles. The summed E-state index contributed by atoms with van der Waals surface area (Å²) in [5, 5.41) is 3.52. The highest BCUT2D eigenvalue weighted by atomic mass is 14.9. The Hall–Kier alpha value is -1.67. The first kappa shape index (κ1) is 12.4. The third kappa shape index (κ3) is 3.21. The number of nitrogens with one attached hydrogen (secondary N) is 1. The van der Waals surface area contributed by atoms with Gasteiger partial charge < -0.3 is 5.32 Å². The van der Waals surface area contributed by atoms with Crippen LogP contribution in [0.2, 0.25) is 0 Å². The van der Waals surface area contributed by atoms with E-state index in [1.807, 2.05) is 13.1 Å². The molecule has 0 atom stereocenters. The molecule has 0 radical (unpaired) electrons. The standard InChI is InChI=1S/C17H20N2/c1-13-6-7-14(11-19-13)10-18-12-16-4-2-3-5-17(16)15-8-9-15/h2-7,11,15,18H,8-10,12H2,1H3. The molecule has 0 unspecified atom stereocenters. The van der Waals surface area contributed by atoms with Crippen LogP contribution in [0.25, 0.3) is 0 Å². The maximum absolute atomic E-state index is 4.32. The van der Waals surface area contributed by atoms with Crippen LogP contribution in [0.15, 0.2) is 42.6 Å². The van der Waals surface area contributed by atoms with Crippen LogP contribution in [0, 0.1) is 6.92 Å². The van der Waals surface area contributed by atoms with Gasteiger partial charge in [-0.05, 0) is 48.4 Å². The van der Waals surface area contributed by atoms with Gasteiger partial charge in [0, 0.05) is 25.0 Å². The highest BCUT2D eigenvalue weighted by Gasteiger charge is 2.25. The summed E-state index contributed by atoms with van der Waals surface area (Å²) in [6.07, 6.45) is 4.67. The predicted octanol–water partition coefficient (Wildman–Crippen LogP) is 3.56. The number of nitrogens with zero attached hydrogens (tertiary/aromatic N) is 1. The minimum Gasteiger partial charge on any atom is -0.309 e. The van der Waals surface area contributed by atoms with Crippen molar-refractivity contribution in [3.8, 4) is 0 Å². The number of rotatable bonds is 5. The van der Waals surface area contributed by atoms with Crippen molar-refractivity contribution in [2.24, 2.45) is 0 Å². The normalized spacial score (nSPS) is 14.6. The SMILES string of the molecule is Cc1ccc(CNCc2ccccc2C2CC2)cn1. The molecule has 19 heavy (non-hydrogen) atoms. The lowest BCUT2D eigenvalue weighted by atomic mass is 10.0. The molecule has 1 saturated carbocycles. The zero-order valence-corrected chi connectivity index (χ0v) is 11.4. The van der Waals surface area contributed by atoms with E-state index < -0.39 is 0 Å². The van der Waals surface area contributed by atoms with Crippen LogP contribution in [0.3, 0.4) is 0 Å². The van der Waals surface area contributed by atoms with Crippen LogP contribution in [-0.2, 0) is 13.1 Å². The molecule has 1 aliphatic rings. The van der Waals surface area contributed by atoms with Gasteiger partial charge in [-0.1, -0.05) is 30.3 Å². The number of hydrogen-bond donors (Lipinski definition) is 1. The third-order valence-electron chi connectivity index (χ3n) is 3.69. The summed E-state index contributed by atoms with van der Waals surface area (Å²) in [7, 11) is 0. The van der Waals surface area contributed by atoms with E-state index in [9.17, 15) is 0 Å². The highest BCUT2D eigenvalue weighted by Crippen LogP contribution is 2.41. The molecule has 1 aromatic heterocycles. The highest BCUT2D eigenvalue weighted by molar-refractivity contribution is 5.33. The van der Waals surface area contributed by atoms with Gasteiger partial charge in [0.05, 0.1) is 0 Å². The molecule has 2 heteroatoms. The van der Waals surface area contributed by atoms with E-state index in [1.165, 1.54) is 29.5 Å². The van der Waals surface area contributed by atoms with Crippen molar-refractivity contribution in [3.05, 3.63) is 65.0 Å². The van der Waals surface area contributed by atoms with Gasteiger partial charge in [0.1, 0.15) is 0 Å². The molecule has 0 bridgehead atoms. The molecule has 0 spiro atoms. The lowest BCUT2D eigenvalue weighted by Crippen LogP contribution is -2.14. The van der Waals surface area contributed by atoms with E-state index in [1.54, 1.807) is 0 Å². The van der Waals surface area contributed by atoms with Crippen molar-refractivity contribution in [1.82, 2.24) is 10.3 Å². The predicted molar refractivity (Wildman–Crippen MR) is 77.9 cm³/mol. The monoisotopic (exact) mass is 252 g/mol. The van der Waals surface area contributed by atoms with Gasteiger partial charge in [0.2, 0.25) is 0 Å². The summed E-state index contributed by atoms with van der Waals surface area (Å²) in [6.45, 7) is 3.84. The van der Waals surface area contributed by atoms with Gasteiger partial charge in [-0.15, -0.1) is 0 Å². The molecule has 1 fully saturated rings. The molecule has 1 heterocycles. The molecular formula is C17H20N2. The molecule has 0 amide bonds. The largest absolute Gasteiger partial charge is 0.309 e. The van der Waals surface area contributed by atoms with E-state index in [-0.39, 0.29) is 0 Å². The van der Waals surface area contributed by atoms with Crippen molar-refractivity contribution in [2.75, 3.05) is 0 Å². The van der Waals surface area contributed by atoms with Gasteiger partial charge in [-0.3, -0.25) is 4.98 Å². The van der Waals surface area contributed by atoms with Gasteiger partial charge in [0.15, 0.2) is 0 Å². The Labute approximate surface area is 114 Å². The number of aromatic nitrogens is 1. The van der Waals surface area contributed by atoms with Crippen LogP contribution in [0.1, 0.15) is 41.1 Å². The molecule has 0 saturated heterocycles. The molecule has 98 valence electrons. The van der Waals surface area contributed by atoms with Gasteiger partial charge in [-0.25, -0.2) is 0 Å². The molecule has 2 aromatic rings. The van der Waals surface area contributed by atoms with E-state index >= 15 is 0 Å². The Morgan fingerprint density at radius 2 is 1.95 bits per heavy atom. The van der Waals surface area contributed by atoms with Gasteiger partial charge >= 0.3 is 0 Å². The van der Waals surface area contributed by atoms with E-state index in [0.717, 1.165) is 24.7 Å². The molecule has 1 aromatic carbocycles. The van der Waals surface area contributed by atoms with Crippen molar-refractivity contribution in [1.29, 1.82) is 0 Å². The molecular weight excluding hydrogens is 232 g/mol. The summed E-state index contributed by atoms with van der Waals surface area (Å²) >= 11 is 0. The zero-order chi connectivity index (χ0) is 13.1. The zero-order valence-electron chi connectivity index (χ0n) is 11.4. The fourth-order valence-corrected chi connectivity index (χ4v) is 2.43. The van der Waals surface area contributed by atoms with Gasteiger partial charge in [-0.2, -0.15) is 0 Å². The van der Waals surface area contributed by atoms with Crippen LogP contribution in [0.5, 0.6) is 0 Å². The molecule has 0 aliphatic heterocycles. The Morgan fingerprint density at radius 1 is 1.11 bits per heavy atom. The maximum Gasteiger partial charge on any atom is 0.0372 e. The van der Waals surface area contributed by atoms with Gasteiger partial charge in [0.25, 0.3) is 0 Å². The van der Waals surface area contributed by atoms with Crippen LogP contribution >= 0.6 is 0 Å². The van der Waals surface area contributed by atoms with Crippen molar-refractivity contribution >= 4 is 0 Å². The Bertz CT molecular complexity index is 541. The van der Waals surface area contributed by atoms with Crippen LogP contribution in [-0.4, -0.2) is 4.98 Å². The average molecular weight is 252 g/mol. The van der Waals surface area contributed by atoms with Crippen LogP contribution in [0.4, 0.5) is 0 Å². The second kappa shape index (κ2) is 5.54. The summed E-state index contributed by atoms with van der Waals surface area (Å²) < 4.78 is 0. The fourth-order valence-electron chi connectivity index (χ4n) is 2.43. The summed E-state index contributed by atoms with van der Waals surface area (Å²) in [5.41, 5.74) is 5.31. The lowest BCUT2D eigenvalue weighted by molar-refractivity contribution is 0.685. The topological polar surface area (TPSA) is 24.9 Å². The van der Waals surface area contributed by atoms with Crippen molar-refractivity contribution in [3.63, 3.8) is 0 Å². The molecule has 3 rings (SSSR count). The Morgan fingerprint density at radius 3 is 2.68 bits per heavy atom. The maximum atomic E-state index is 4.32. The molecule has 1 N–H and O–H groups in total. The Balaban J connectivity index is 1.59. The minimum absolute atomic E-state index is 0.819. The summed E-state index contributed by atoms with van der Waals surface area (Å²) in [4.78, 5) is 4.32. The first-order valence-corrected chi connectivity index (χ1v) is 7.03. The first-order chi connectivity index (χ1) is 9.33. The average Bonchev–Trinajstić information content (AvgIpc) is 3.26. The van der Waals surface area contributed by atoms with Crippen LogP contribution < -0.4 is 5.32 Å². The number of hydrogen-bond acceptors (Lipinski definition) is 2. The van der Waals surface area contributed by atoms with E-state index in [0.29, 0.717) is 0 Å². The summed E-state index contributed by atoms with van der Waals surface area (Å²) in [6, 6.07) is 13.0. The molecule has 2 nitrogen and oxygen atoms in total.